The van der Waals surface area contributed by atoms with Gasteiger partial charge in [0.05, 0.1) is 13.5 Å². The molecule has 2 rings (SSSR count). The van der Waals surface area contributed by atoms with Gasteiger partial charge >= 0.3 is 5.97 Å². The van der Waals surface area contributed by atoms with Crippen molar-refractivity contribution in [3.8, 4) is 5.75 Å². The summed E-state index contributed by atoms with van der Waals surface area (Å²) >= 11 is 1.58. The van der Waals surface area contributed by atoms with Crippen LogP contribution in [-0.4, -0.2) is 31.3 Å². The van der Waals surface area contributed by atoms with E-state index >= 15 is 0 Å². The molecule has 0 radical (unpaired) electrons. The Kier molecular flexibility index (Phi) is 7.85. The molecule has 0 aromatic heterocycles. The fourth-order valence-corrected chi connectivity index (χ4v) is 2.84. The maximum atomic E-state index is 11.7. The molecule has 2 aromatic rings. The Bertz CT molecular complexity index is 674. The number of esters is 1. The highest BCUT2D eigenvalue weighted by Gasteiger charge is 2.08. The first kappa shape index (κ1) is 18.9. The van der Waals surface area contributed by atoms with E-state index in [4.69, 9.17) is 9.47 Å². The summed E-state index contributed by atoms with van der Waals surface area (Å²) in [7, 11) is 1.60. The minimum Gasteiger partial charge on any atom is -0.497 e. The number of carbonyl (C=O) groups excluding carboxylic acids is 2. The van der Waals surface area contributed by atoms with Crippen molar-refractivity contribution in [2.45, 2.75) is 17.9 Å². The largest absolute Gasteiger partial charge is 0.497 e. The van der Waals surface area contributed by atoms with E-state index < -0.39 is 0 Å². The van der Waals surface area contributed by atoms with Crippen LogP contribution in [0.15, 0.2) is 59.5 Å². The zero-order valence-electron chi connectivity index (χ0n) is 14.1. The summed E-state index contributed by atoms with van der Waals surface area (Å²) in [5.74, 6) is 0.691. The van der Waals surface area contributed by atoms with E-state index in [0.29, 0.717) is 12.3 Å². The van der Waals surface area contributed by atoms with E-state index in [1.54, 1.807) is 18.9 Å². The Balaban J connectivity index is 1.59. The molecule has 0 bridgehead atoms. The second-order valence-electron chi connectivity index (χ2n) is 5.20. The normalized spacial score (nSPS) is 10.1. The van der Waals surface area contributed by atoms with Gasteiger partial charge in [0.25, 0.3) is 5.91 Å². The van der Waals surface area contributed by atoms with Gasteiger partial charge < -0.3 is 14.8 Å². The SMILES string of the molecule is COc1ccc(CNC(=O)COC(=O)CCSc2ccccc2)cc1. The van der Waals surface area contributed by atoms with E-state index in [2.05, 4.69) is 5.32 Å². The third kappa shape index (κ3) is 7.30. The van der Waals surface area contributed by atoms with Crippen molar-refractivity contribution in [3.05, 3.63) is 60.2 Å². The molecule has 1 N–H and O–H groups in total. The van der Waals surface area contributed by atoms with Gasteiger partial charge in [0.2, 0.25) is 0 Å². The lowest BCUT2D eigenvalue weighted by atomic mass is 10.2. The van der Waals surface area contributed by atoms with Crippen LogP contribution in [0.1, 0.15) is 12.0 Å². The summed E-state index contributed by atoms with van der Waals surface area (Å²) in [5, 5.41) is 2.71. The van der Waals surface area contributed by atoms with Gasteiger partial charge in [0.1, 0.15) is 5.75 Å². The fourth-order valence-electron chi connectivity index (χ4n) is 1.98. The number of amides is 1. The monoisotopic (exact) mass is 359 g/mol. The minimum atomic E-state index is -0.372. The summed E-state index contributed by atoms with van der Waals surface area (Å²) in [6, 6.07) is 17.2. The Morgan fingerprint density at radius 3 is 2.44 bits per heavy atom. The summed E-state index contributed by atoms with van der Waals surface area (Å²) in [4.78, 5) is 24.5. The van der Waals surface area contributed by atoms with Crippen molar-refractivity contribution in [1.82, 2.24) is 5.32 Å². The molecule has 0 saturated heterocycles. The number of ether oxygens (including phenoxy) is 2. The molecule has 0 heterocycles. The number of hydrogen-bond donors (Lipinski definition) is 1. The Labute approximate surface area is 151 Å². The maximum absolute atomic E-state index is 11.7. The third-order valence-corrected chi connectivity index (χ3v) is 4.34. The number of hydrogen-bond acceptors (Lipinski definition) is 5. The molecule has 0 aliphatic heterocycles. The van der Waals surface area contributed by atoms with Crippen molar-refractivity contribution in [3.63, 3.8) is 0 Å². The van der Waals surface area contributed by atoms with Crippen molar-refractivity contribution in [2.75, 3.05) is 19.5 Å². The predicted molar refractivity (Wildman–Crippen MR) is 97.6 cm³/mol. The van der Waals surface area contributed by atoms with Crippen molar-refractivity contribution < 1.29 is 19.1 Å². The number of nitrogens with one attached hydrogen (secondary N) is 1. The minimum absolute atomic E-state index is 0.259. The highest BCUT2D eigenvalue weighted by atomic mass is 32.2. The standard InChI is InChI=1S/C19H21NO4S/c1-23-16-9-7-15(8-10-16)13-20-18(21)14-24-19(22)11-12-25-17-5-3-2-4-6-17/h2-10H,11-14H2,1H3,(H,20,21). The van der Waals surface area contributed by atoms with E-state index in [1.807, 2.05) is 54.6 Å². The van der Waals surface area contributed by atoms with Gasteiger partial charge in [-0.1, -0.05) is 30.3 Å². The zero-order valence-corrected chi connectivity index (χ0v) is 14.9. The van der Waals surface area contributed by atoms with Gasteiger partial charge in [-0.25, -0.2) is 0 Å². The van der Waals surface area contributed by atoms with Crippen LogP contribution < -0.4 is 10.1 Å². The molecule has 1 amide bonds. The lowest BCUT2D eigenvalue weighted by Gasteiger charge is -2.07. The van der Waals surface area contributed by atoms with Gasteiger partial charge in [-0.2, -0.15) is 0 Å². The second-order valence-corrected chi connectivity index (χ2v) is 6.37. The molecule has 0 fully saturated rings. The summed E-state index contributed by atoms with van der Waals surface area (Å²) in [6.07, 6.45) is 0.269. The first-order valence-electron chi connectivity index (χ1n) is 7.90. The van der Waals surface area contributed by atoms with Gasteiger partial charge in [0, 0.05) is 17.2 Å². The number of carbonyl (C=O) groups is 2. The first-order chi connectivity index (χ1) is 12.2. The Morgan fingerprint density at radius 1 is 1.04 bits per heavy atom. The van der Waals surface area contributed by atoms with Crippen LogP contribution in [0.2, 0.25) is 0 Å². The molecule has 6 heteroatoms. The van der Waals surface area contributed by atoms with Gasteiger partial charge in [0.15, 0.2) is 6.61 Å². The molecule has 0 aliphatic carbocycles. The Hall–Kier alpha value is -2.47. The number of rotatable bonds is 9. The third-order valence-electron chi connectivity index (χ3n) is 3.33. The lowest BCUT2D eigenvalue weighted by molar-refractivity contribution is -0.148. The molecule has 5 nitrogen and oxygen atoms in total. The van der Waals surface area contributed by atoms with Crippen LogP contribution >= 0.6 is 11.8 Å². The molecule has 0 saturated carbocycles. The second kappa shape index (κ2) is 10.4. The van der Waals surface area contributed by atoms with E-state index in [1.165, 1.54) is 0 Å². The summed E-state index contributed by atoms with van der Waals surface area (Å²) < 4.78 is 10.1. The lowest BCUT2D eigenvalue weighted by Crippen LogP contribution is -2.28. The number of benzene rings is 2. The topological polar surface area (TPSA) is 64.6 Å². The summed E-state index contributed by atoms with van der Waals surface area (Å²) in [6.45, 7) is 0.120. The molecule has 0 aliphatic rings. The van der Waals surface area contributed by atoms with E-state index in [-0.39, 0.29) is 24.9 Å². The predicted octanol–water partition coefficient (Wildman–Crippen LogP) is 3.04. The first-order valence-corrected chi connectivity index (χ1v) is 8.89. The number of methoxy groups -OCH3 is 1. The van der Waals surface area contributed by atoms with Gasteiger partial charge in [-0.15, -0.1) is 11.8 Å². The quantitative estimate of drug-likeness (QED) is 0.551. The molecule has 132 valence electrons. The van der Waals surface area contributed by atoms with Crippen LogP contribution in [0, 0.1) is 0 Å². The van der Waals surface area contributed by atoms with E-state index in [0.717, 1.165) is 16.2 Å². The molecule has 0 unspecified atom stereocenters. The van der Waals surface area contributed by atoms with Crippen LogP contribution in [0.3, 0.4) is 0 Å². The summed E-state index contributed by atoms with van der Waals surface area (Å²) in [5.41, 5.74) is 0.944. The van der Waals surface area contributed by atoms with Crippen molar-refractivity contribution in [1.29, 1.82) is 0 Å². The zero-order chi connectivity index (χ0) is 17.9. The van der Waals surface area contributed by atoms with Crippen molar-refractivity contribution >= 4 is 23.6 Å². The van der Waals surface area contributed by atoms with E-state index in [9.17, 15) is 9.59 Å². The highest BCUT2D eigenvalue weighted by molar-refractivity contribution is 7.99. The Morgan fingerprint density at radius 2 is 1.76 bits per heavy atom. The highest BCUT2D eigenvalue weighted by Crippen LogP contribution is 2.17. The van der Waals surface area contributed by atoms with Crippen LogP contribution in [0.5, 0.6) is 5.75 Å². The molecular formula is C19H21NO4S. The fraction of sp³-hybridized carbons (Fsp3) is 0.263. The molecule has 2 aromatic carbocycles. The molecular weight excluding hydrogens is 338 g/mol. The van der Waals surface area contributed by atoms with Crippen molar-refractivity contribution in [2.24, 2.45) is 0 Å². The molecule has 25 heavy (non-hydrogen) atoms. The van der Waals surface area contributed by atoms with Crippen LogP contribution in [0.4, 0.5) is 0 Å². The average molecular weight is 359 g/mol. The number of thioether (sulfide) groups is 1. The molecule has 0 spiro atoms. The molecule has 0 atom stereocenters. The van der Waals surface area contributed by atoms with Gasteiger partial charge in [-0.3, -0.25) is 9.59 Å². The smallest absolute Gasteiger partial charge is 0.307 e. The van der Waals surface area contributed by atoms with Crippen LogP contribution in [-0.2, 0) is 20.9 Å². The van der Waals surface area contributed by atoms with Gasteiger partial charge in [-0.05, 0) is 29.8 Å². The van der Waals surface area contributed by atoms with Crippen LogP contribution in [0.25, 0.3) is 0 Å². The maximum Gasteiger partial charge on any atom is 0.307 e. The average Bonchev–Trinajstić information content (AvgIpc) is 2.66.